The molecular weight excluding hydrogens is 528 g/mol. The molecule has 1 heterocycles. The fourth-order valence-electron chi connectivity index (χ4n) is 4.30. The minimum atomic E-state index is -2.43. The van der Waals surface area contributed by atoms with E-state index < -0.39 is 11.3 Å². The molecular formula is C27H34ClN4O5S-. The lowest BCUT2D eigenvalue weighted by molar-refractivity contribution is -0.121. The fourth-order valence-corrected chi connectivity index (χ4v) is 4.98. The van der Waals surface area contributed by atoms with E-state index in [9.17, 15) is 13.6 Å². The molecule has 1 amide bonds. The Morgan fingerprint density at radius 1 is 1.16 bits per heavy atom. The van der Waals surface area contributed by atoms with Crippen LogP contribution >= 0.6 is 11.6 Å². The number of para-hydroxylation sites is 1. The number of anilines is 1. The van der Waals surface area contributed by atoms with Gasteiger partial charge in [-0.2, -0.15) is 0 Å². The smallest absolute Gasteiger partial charge is 0.220 e. The predicted octanol–water partition coefficient (Wildman–Crippen LogP) is 4.70. The predicted molar refractivity (Wildman–Crippen MR) is 148 cm³/mol. The zero-order valence-corrected chi connectivity index (χ0v) is 23.9. The number of aromatic nitrogens is 2. The summed E-state index contributed by atoms with van der Waals surface area (Å²) in [5.74, 6) is 1.95. The van der Waals surface area contributed by atoms with Gasteiger partial charge in [0.2, 0.25) is 5.91 Å². The van der Waals surface area contributed by atoms with Gasteiger partial charge in [0.15, 0.2) is 11.5 Å². The maximum absolute atomic E-state index is 12.7. The van der Waals surface area contributed by atoms with Gasteiger partial charge in [-0.1, -0.05) is 42.8 Å². The summed E-state index contributed by atoms with van der Waals surface area (Å²) >= 11 is 4.09. The zero-order valence-electron chi connectivity index (χ0n) is 22.3. The van der Waals surface area contributed by atoms with Gasteiger partial charge in [-0.3, -0.25) is 9.00 Å². The van der Waals surface area contributed by atoms with Crippen molar-refractivity contribution >= 4 is 34.5 Å². The van der Waals surface area contributed by atoms with Crippen molar-refractivity contribution in [3.05, 3.63) is 69.8 Å². The maximum Gasteiger partial charge on any atom is 0.220 e. The molecule has 2 unspecified atom stereocenters. The first kappa shape index (κ1) is 29.5. The number of hydrogen-bond donors (Lipinski definition) is 2. The second-order valence-corrected chi connectivity index (χ2v) is 10.2. The topological polar surface area (TPSA) is 118 Å². The molecule has 0 saturated carbocycles. The van der Waals surface area contributed by atoms with E-state index in [2.05, 4.69) is 21.9 Å². The van der Waals surface area contributed by atoms with E-state index in [-0.39, 0.29) is 18.4 Å². The van der Waals surface area contributed by atoms with Crippen LogP contribution in [0.25, 0.3) is 0 Å². The minimum Gasteiger partial charge on any atom is -0.755 e. The number of halogens is 1. The molecule has 2 aromatic carbocycles. The number of carbonyl (C=O) groups excluding carboxylic acids is 1. The number of ether oxygens (including phenoxy) is 2. The van der Waals surface area contributed by atoms with Crippen LogP contribution in [-0.4, -0.2) is 38.4 Å². The average Bonchev–Trinajstić information content (AvgIpc) is 3.15. The first-order valence-electron chi connectivity index (χ1n) is 12.3. The molecule has 0 aliphatic heterocycles. The number of aryl methyl sites for hydroxylation is 1. The Morgan fingerprint density at radius 2 is 1.89 bits per heavy atom. The lowest BCUT2D eigenvalue weighted by Gasteiger charge is -2.17. The summed E-state index contributed by atoms with van der Waals surface area (Å²) in [5.41, 5.74) is 4.05. The first-order valence-corrected chi connectivity index (χ1v) is 13.7. The van der Waals surface area contributed by atoms with Gasteiger partial charge >= 0.3 is 0 Å². The van der Waals surface area contributed by atoms with Crippen molar-refractivity contribution in [1.29, 1.82) is 0 Å². The summed E-state index contributed by atoms with van der Waals surface area (Å²) in [6, 6.07) is 10.9. The van der Waals surface area contributed by atoms with Crippen LogP contribution in [0.4, 0.5) is 5.69 Å². The molecule has 0 saturated heterocycles. The average molecular weight is 562 g/mol. The van der Waals surface area contributed by atoms with Crippen molar-refractivity contribution < 1.29 is 23.0 Å². The SMILES string of the molecule is COc1ccc(CC(C)CCC(=O)NCc2nc(C)c(C)n2Cc2ccccc2NS(=O)[O-])c(Cl)c1OC. The number of hydrogen-bond acceptors (Lipinski definition) is 6. The van der Waals surface area contributed by atoms with Crippen LogP contribution in [0.5, 0.6) is 11.5 Å². The van der Waals surface area contributed by atoms with Crippen molar-refractivity contribution in [1.82, 2.24) is 14.9 Å². The van der Waals surface area contributed by atoms with Crippen LogP contribution in [0.3, 0.4) is 0 Å². The summed E-state index contributed by atoms with van der Waals surface area (Å²) in [7, 11) is 3.12. The third-order valence-electron chi connectivity index (χ3n) is 6.52. The highest BCUT2D eigenvalue weighted by Gasteiger charge is 2.17. The van der Waals surface area contributed by atoms with E-state index in [4.69, 9.17) is 21.1 Å². The highest BCUT2D eigenvalue weighted by molar-refractivity contribution is 7.80. The number of carbonyl (C=O) groups is 1. The van der Waals surface area contributed by atoms with Gasteiger partial charge in [-0.25, -0.2) is 4.98 Å². The summed E-state index contributed by atoms with van der Waals surface area (Å²) in [4.78, 5) is 17.3. The summed E-state index contributed by atoms with van der Waals surface area (Å²) in [6.07, 6.45) is 1.76. The van der Waals surface area contributed by atoms with Gasteiger partial charge in [-0.05, 0) is 55.9 Å². The monoisotopic (exact) mass is 561 g/mol. The normalized spacial score (nSPS) is 12.6. The van der Waals surface area contributed by atoms with Crippen molar-refractivity contribution in [2.45, 2.75) is 53.1 Å². The van der Waals surface area contributed by atoms with Gasteiger partial charge in [0.25, 0.3) is 0 Å². The van der Waals surface area contributed by atoms with E-state index in [0.717, 1.165) is 22.5 Å². The zero-order chi connectivity index (χ0) is 27.8. The number of rotatable bonds is 13. The first-order chi connectivity index (χ1) is 18.1. The summed E-state index contributed by atoms with van der Waals surface area (Å²) in [5, 5.41) is 3.50. The van der Waals surface area contributed by atoms with E-state index in [1.807, 2.05) is 42.7 Å². The largest absolute Gasteiger partial charge is 0.755 e. The van der Waals surface area contributed by atoms with Crippen molar-refractivity contribution in [2.75, 3.05) is 18.9 Å². The Kier molecular flexibility index (Phi) is 10.6. The molecule has 0 bridgehead atoms. The minimum absolute atomic E-state index is 0.0658. The van der Waals surface area contributed by atoms with Crippen LogP contribution in [0, 0.1) is 19.8 Å². The lowest BCUT2D eigenvalue weighted by atomic mass is 9.96. The molecule has 3 rings (SSSR count). The molecule has 2 N–H and O–H groups in total. The van der Waals surface area contributed by atoms with Gasteiger partial charge < -0.3 is 28.6 Å². The quantitative estimate of drug-likeness (QED) is 0.292. The molecule has 0 fully saturated rings. The van der Waals surface area contributed by atoms with Crippen molar-refractivity contribution in [3.63, 3.8) is 0 Å². The van der Waals surface area contributed by atoms with E-state index in [1.54, 1.807) is 26.4 Å². The molecule has 3 aromatic rings. The summed E-state index contributed by atoms with van der Waals surface area (Å²) < 4.78 is 37.5. The Morgan fingerprint density at radius 3 is 2.58 bits per heavy atom. The third-order valence-corrected chi connectivity index (χ3v) is 7.32. The molecule has 0 aliphatic rings. The van der Waals surface area contributed by atoms with Crippen LogP contribution in [-0.2, 0) is 35.6 Å². The number of amides is 1. The van der Waals surface area contributed by atoms with E-state index in [0.29, 0.717) is 53.8 Å². The van der Waals surface area contributed by atoms with Crippen LogP contribution in [0.1, 0.15) is 48.1 Å². The molecule has 2 atom stereocenters. The van der Waals surface area contributed by atoms with Crippen molar-refractivity contribution in [3.8, 4) is 11.5 Å². The summed E-state index contributed by atoms with van der Waals surface area (Å²) in [6.45, 7) is 6.64. The lowest BCUT2D eigenvalue weighted by Crippen LogP contribution is -2.25. The Bertz CT molecular complexity index is 1300. The van der Waals surface area contributed by atoms with Gasteiger partial charge in [-0.15, -0.1) is 0 Å². The van der Waals surface area contributed by atoms with Gasteiger partial charge in [0.05, 0.1) is 43.7 Å². The molecule has 206 valence electrons. The molecule has 1 aromatic heterocycles. The van der Waals surface area contributed by atoms with Gasteiger partial charge in [0.1, 0.15) is 5.82 Å². The van der Waals surface area contributed by atoms with Crippen molar-refractivity contribution in [2.24, 2.45) is 5.92 Å². The third kappa shape index (κ3) is 7.49. The molecule has 0 radical (unpaired) electrons. The second-order valence-electron chi connectivity index (χ2n) is 9.18. The maximum atomic E-state index is 12.7. The molecule has 9 nitrogen and oxygen atoms in total. The van der Waals surface area contributed by atoms with Gasteiger partial charge in [0, 0.05) is 23.4 Å². The number of nitrogens with one attached hydrogen (secondary N) is 2. The second kappa shape index (κ2) is 13.6. The number of benzene rings is 2. The Labute approximate surface area is 231 Å². The number of imidazole rings is 1. The number of nitrogens with zero attached hydrogens (tertiary/aromatic N) is 2. The molecule has 11 heteroatoms. The van der Waals surface area contributed by atoms with Crippen LogP contribution in [0.2, 0.25) is 5.02 Å². The molecule has 38 heavy (non-hydrogen) atoms. The molecule has 0 aliphatic carbocycles. The van der Waals surface area contributed by atoms with E-state index >= 15 is 0 Å². The van der Waals surface area contributed by atoms with Crippen LogP contribution < -0.4 is 19.5 Å². The Balaban J connectivity index is 1.59. The number of methoxy groups -OCH3 is 2. The highest BCUT2D eigenvalue weighted by atomic mass is 35.5. The molecule has 0 spiro atoms. The Hall–Kier alpha value is -3.08. The highest BCUT2D eigenvalue weighted by Crippen LogP contribution is 2.38. The van der Waals surface area contributed by atoms with E-state index in [1.165, 1.54) is 0 Å². The van der Waals surface area contributed by atoms with Crippen LogP contribution in [0.15, 0.2) is 36.4 Å². The fraction of sp³-hybridized carbons (Fsp3) is 0.407. The standard InChI is InChI=1S/C27H35ClN4O5S/c1-17(14-20-11-12-23(36-4)27(37-5)26(20)28)10-13-25(33)29-15-24-30-18(2)19(3)32(24)16-21-8-6-7-9-22(21)31-38(34)35/h6-9,11-12,17,31H,10,13-16H2,1-5H3,(H,29,33)(H,34,35)/p-1.